The van der Waals surface area contributed by atoms with Crippen LogP contribution in [0.2, 0.25) is 0 Å². The van der Waals surface area contributed by atoms with Crippen molar-refractivity contribution < 1.29 is 19.2 Å². The Balaban J connectivity index is 1.97. The van der Waals surface area contributed by atoms with E-state index in [1.807, 2.05) is 19.9 Å². The highest BCUT2D eigenvalue weighted by molar-refractivity contribution is 5.94. The lowest BCUT2D eigenvalue weighted by molar-refractivity contribution is -0.384. The second kappa shape index (κ2) is 8.14. The molecule has 0 aliphatic heterocycles. The number of anilines is 1. The Morgan fingerprint density at radius 2 is 1.72 bits per heavy atom. The van der Waals surface area contributed by atoms with E-state index in [1.165, 1.54) is 24.3 Å². The predicted molar refractivity (Wildman–Crippen MR) is 94.0 cm³/mol. The Bertz CT molecular complexity index is 743. The summed E-state index contributed by atoms with van der Waals surface area (Å²) in [7, 11) is 0. The molecule has 0 aromatic heterocycles. The molecule has 25 heavy (non-hydrogen) atoms. The first-order valence-electron chi connectivity index (χ1n) is 7.84. The van der Waals surface area contributed by atoms with Gasteiger partial charge in [-0.15, -0.1) is 0 Å². The van der Waals surface area contributed by atoms with Crippen molar-refractivity contribution in [2.45, 2.75) is 33.0 Å². The molecular formula is C18H20N2O5. The number of nitrogens with zero attached hydrogens (tertiary/aromatic N) is 1. The Morgan fingerprint density at radius 3 is 2.32 bits per heavy atom. The summed E-state index contributed by atoms with van der Waals surface area (Å²) in [5, 5.41) is 13.4. The van der Waals surface area contributed by atoms with Gasteiger partial charge in [0.25, 0.3) is 11.6 Å². The summed E-state index contributed by atoms with van der Waals surface area (Å²) in [5.41, 5.74) is 0.564. The van der Waals surface area contributed by atoms with Gasteiger partial charge in [0.2, 0.25) is 0 Å². The Morgan fingerprint density at radius 1 is 1.04 bits per heavy atom. The average Bonchev–Trinajstić information content (AvgIpc) is 2.55. The van der Waals surface area contributed by atoms with Crippen LogP contribution in [-0.4, -0.2) is 23.0 Å². The van der Waals surface area contributed by atoms with E-state index in [-0.39, 0.29) is 17.7 Å². The van der Waals surface area contributed by atoms with E-state index in [0.29, 0.717) is 17.2 Å². The molecule has 0 fully saturated rings. The van der Waals surface area contributed by atoms with E-state index < -0.39 is 11.0 Å². The smallest absolute Gasteiger partial charge is 0.269 e. The van der Waals surface area contributed by atoms with Gasteiger partial charge in [-0.25, -0.2) is 0 Å². The fraction of sp³-hybridized carbons (Fsp3) is 0.278. The van der Waals surface area contributed by atoms with Gasteiger partial charge in [0.05, 0.1) is 11.0 Å². The van der Waals surface area contributed by atoms with E-state index >= 15 is 0 Å². The van der Waals surface area contributed by atoms with Gasteiger partial charge in [-0.05, 0) is 45.0 Å². The molecule has 2 aromatic rings. The predicted octanol–water partition coefficient (Wildman–Crippen LogP) is 3.79. The normalized spacial score (nSPS) is 11.7. The highest BCUT2D eigenvalue weighted by atomic mass is 16.6. The van der Waals surface area contributed by atoms with Crippen molar-refractivity contribution in [2.24, 2.45) is 0 Å². The largest absolute Gasteiger partial charge is 0.491 e. The van der Waals surface area contributed by atoms with Crippen LogP contribution < -0.4 is 14.8 Å². The highest BCUT2D eigenvalue weighted by Gasteiger charge is 2.16. The van der Waals surface area contributed by atoms with Crippen molar-refractivity contribution in [1.29, 1.82) is 0 Å². The lowest BCUT2D eigenvalue weighted by Gasteiger charge is -2.15. The molecule has 0 saturated heterocycles. The molecule has 1 unspecified atom stereocenters. The molecule has 0 saturated carbocycles. The molecule has 0 bridgehead atoms. The van der Waals surface area contributed by atoms with Gasteiger partial charge >= 0.3 is 0 Å². The number of non-ortho nitro benzene ring substituents is 1. The van der Waals surface area contributed by atoms with Crippen molar-refractivity contribution >= 4 is 17.3 Å². The summed E-state index contributed by atoms with van der Waals surface area (Å²) >= 11 is 0. The minimum absolute atomic E-state index is 0.0357. The van der Waals surface area contributed by atoms with Gasteiger partial charge in [0.15, 0.2) is 6.10 Å². The third-order valence-electron chi connectivity index (χ3n) is 3.20. The van der Waals surface area contributed by atoms with Crippen molar-refractivity contribution in [2.75, 3.05) is 5.32 Å². The van der Waals surface area contributed by atoms with Gasteiger partial charge < -0.3 is 14.8 Å². The molecule has 2 rings (SSSR count). The van der Waals surface area contributed by atoms with Crippen molar-refractivity contribution in [1.82, 2.24) is 0 Å². The van der Waals surface area contributed by atoms with E-state index in [1.54, 1.807) is 25.1 Å². The Kier molecular flexibility index (Phi) is 5.94. The zero-order chi connectivity index (χ0) is 18.4. The van der Waals surface area contributed by atoms with Crippen LogP contribution in [0.1, 0.15) is 20.8 Å². The van der Waals surface area contributed by atoms with Crippen LogP contribution >= 0.6 is 0 Å². The van der Waals surface area contributed by atoms with Crippen molar-refractivity contribution in [3.63, 3.8) is 0 Å². The number of carbonyl (C=O) groups excluding carboxylic acids is 1. The van der Waals surface area contributed by atoms with Crippen LogP contribution in [0, 0.1) is 10.1 Å². The number of nitrogens with one attached hydrogen (secondary N) is 1. The standard InChI is InChI=1S/C18H20N2O5/c1-12(2)24-17-6-4-5-14(11-17)19-18(21)13(3)25-16-9-7-15(8-10-16)20(22)23/h4-13H,1-3H3,(H,19,21). The quantitative estimate of drug-likeness (QED) is 0.609. The molecule has 1 N–H and O–H groups in total. The SMILES string of the molecule is CC(C)Oc1cccc(NC(=O)C(C)Oc2ccc([N+](=O)[O-])cc2)c1. The summed E-state index contributed by atoms with van der Waals surface area (Å²) in [6.07, 6.45) is -0.730. The molecule has 2 aromatic carbocycles. The van der Waals surface area contributed by atoms with Gasteiger partial charge in [-0.1, -0.05) is 6.07 Å². The number of amides is 1. The third-order valence-corrected chi connectivity index (χ3v) is 3.20. The first-order chi connectivity index (χ1) is 11.8. The first kappa shape index (κ1) is 18.3. The fourth-order valence-electron chi connectivity index (χ4n) is 2.07. The minimum atomic E-state index is -0.767. The average molecular weight is 344 g/mol. The zero-order valence-electron chi connectivity index (χ0n) is 14.3. The van der Waals surface area contributed by atoms with Gasteiger partial charge in [0.1, 0.15) is 11.5 Å². The van der Waals surface area contributed by atoms with Crippen LogP contribution in [0.25, 0.3) is 0 Å². The second-order valence-corrected chi connectivity index (χ2v) is 5.69. The molecule has 7 heteroatoms. The van der Waals surface area contributed by atoms with Crippen molar-refractivity contribution in [3.05, 3.63) is 58.6 Å². The maximum Gasteiger partial charge on any atom is 0.269 e. The number of rotatable bonds is 7. The number of hydrogen-bond acceptors (Lipinski definition) is 5. The van der Waals surface area contributed by atoms with Gasteiger partial charge in [-0.3, -0.25) is 14.9 Å². The van der Waals surface area contributed by atoms with Crippen LogP contribution in [0.5, 0.6) is 11.5 Å². The number of nitro groups is 1. The molecule has 0 spiro atoms. The van der Waals surface area contributed by atoms with Crippen LogP contribution in [0.15, 0.2) is 48.5 Å². The first-order valence-corrected chi connectivity index (χ1v) is 7.84. The number of ether oxygens (including phenoxy) is 2. The molecule has 0 heterocycles. The molecule has 0 aliphatic rings. The van der Waals surface area contributed by atoms with E-state index in [2.05, 4.69) is 5.32 Å². The molecule has 0 radical (unpaired) electrons. The maximum atomic E-state index is 12.2. The Labute approximate surface area is 145 Å². The highest BCUT2D eigenvalue weighted by Crippen LogP contribution is 2.20. The number of hydrogen-bond donors (Lipinski definition) is 1. The number of carbonyl (C=O) groups is 1. The van der Waals surface area contributed by atoms with Crippen LogP contribution in [0.3, 0.4) is 0 Å². The summed E-state index contributed by atoms with van der Waals surface area (Å²) < 4.78 is 11.1. The van der Waals surface area contributed by atoms with Gasteiger partial charge in [0, 0.05) is 23.9 Å². The van der Waals surface area contributed by atoms with E-state index in [9.17, 15) is 14.9 Å². The van der Waals surface area contributed by atoms with Crippen molar-refractivity contribution in [3.8, 4) is 11.5 Å². The topological polar surface area (TPSA) is 90.7 Å². The fourth-order valence-corrected chi connectivity index (χ4v) is 2.07. The Hall–Kier alpha value is -3.09. The zero-order valence-corrected chi connectivity index (χ0v) is 14.3. The monoisotopic (exact) mass is 344 g/mol. The summed E-state index contributed by atoms with van der Waals surface area (Å²) in [5.74, 6) is 0.710. The second-order valence-electron chi connectivity index (χ2n) is 5.69. The lowest BCUT2D eigenvalue weighted by atomic mass is 10.2. The van der Waals surface area contributed by atoms with E-state index in [0.717, 1.165) is 0 Å². The molecule has 1 amide bonds. The van der Waals surface area contributed by atoms with E-state index in [4.69, 9.17) is 9.47 Å². The maximum absolute atomic E-state index is 12.2. The summed E-state index contributed by atoms with van der Waals surface area (Å²) in [6.45, 7) is 5.45. The van der Waals surface area contributed by atoms with Crippen LogP contribution in [-0.2, 0) is 4.79 Å². The molecule has 132 valence electrons. The van der Waals surface area contributed by atoms with Gasteiger partial charge in [-0.2, -0.15) is 0 Å². The number of nitro benzene ring substituents is 1. The summed E-state index contributed by atoms with van der Waals surface area (Å²) in [4.78, 5) is 22.4. The summed E-state index contributed by atoms with van der Waals surface area (Å²) in [6, 6.07) is 12.7. The molecular weight excluding hydrogens is 324 g/mol. The third kappa shape index (κ3) is 5.49. The molecule has 0 aliphatic carbocycles. The minimum Gasteiger partial charge on any atom is -0.491 e. The lowest BCUT2D eigenvalue weighted by Crippen LogP contribution is -2.30. The molecule has 7 nitrogen and oxygen atoms in total. The van der Waals surface area contributed by atoms with Crippen LogP contribution in [0.4, 0.5) is 11.4 Å². The molecule has 1 atom stereocenters. The number of benzene rings is 2.